The molecule has 0 fully saturated rings. The minimum Gasteiger partial charge on any atom is -0.456 e. The summed E-state index contributed by atoms with van der Waals surface area (Å²) in [4.78, 5) is 12.9. The van der Waals surface area contributed by atoms with Crippen LogP contribution in [0.1, 0.15) is 22.8 Å². The molecule has 0 saturated carbocycles. The molecule has 0 aromatic heterocycles. The summed E-state index contributed by atoms with van der Waals surface area (Å²) in [5.41, 5.74) is 1.51. The van der Waals surface area contributed by atoms with E-state index in [1.807, 2.05) is 13.0 Å². The normalized spacial score (nSPS) is 14.1. The average molecular weight is 483 g/mol. The molecule has 2 heterocycles. The van der Waals surface area contributed by atoms with E-state index >= 15 is 0 Å². The molecule has 2 aliphatic heterocycles. The molecule has 3 aromatic carbocycles. The first-order valence-electron chi connectivity index (χ1n) is 10.6. The monoisotopic (exact) mass is 482 g/mol. The highest BCUT2D eigenvalue weighted by Crippen LogP contribution is 2.43. The van der Waals surface area contributed by atoms with Gasteiger partial charge in [0.1, 0.15) is 16.4 Å². The van der Waals surface area contributed by atoms with Crippen molar-refractivity contribution in [2.45, 2.75) is 18.7 Å². The molecule has 10 heteroatoms. The molecule has 0 aliphatic carbocycles. The molecule has 0 saturated heterocycles. The number of carbonyl (C=O) groups excluding carboxylic acids is 1. The lowest BCUT2D eigenvalue weighted by atomic mass is 10.1. The largest absolute Gasteiger partial charge is 0.456 e. The average Bonchev–Trinajstić information content (AvgIpc) is 3.23. The van der Waals surface area contributed by atoms with Gasteiger partial charge in [-0.3, -0.25) is 4.79 Å². The summed E-state index contributed by atoms with van der Waals surface area (Å²) in [5.74, 6) is 1.55. The van der Waals surface area contributed by atoms with E-state index in [2.05, 4.69) is 5.32 Å². The Kier molecular flexibility index (Phi) is 5.34. The van der Waals surface area contributed by atoms with Gasteiger partial charge in [0.15, 0.2) is 23.0 Å². The lowest BCUT2D eigenvalue weighted by molar-refractivity contribution is 0.102. The van der Waals surface area contributed by atoms with Gasteiger partial charge in [-0.2, -0.15) is 0 Å². The zero-order valence-electron chi connectivity index (χ0n) is 18.7. The molecule has 0 bridgehead atoms. The SMILES string of the molecule is CCN(C)S(=O)(=O)c1cc2c(cc1Oc1ccc3c(c1)OCO3)Oc1ccc(C)cc1NC2=O. The van der Waals surface area contributed by atoms with Gasteiger partial charge < -0.3 is 24.3 Å². The van der Waals surface area contributed by atoms with Gasteiger partial charge in [-0.15, -0.1) is 0 Å². The minimum absolute atomic E-state index is 0.0151. The van der Waals surface area contributed by atoms with E-state index in [1.54, 1.807) is 37.3 Å². The Labute approximate surface area is 196 Å². The standard InChI is InChI=1S/C24H22N2O7S/c1-4-26(3)34(28,29)23-11-16-20(33-18-7-5-14(2)9-17(18)25-24(16)27)12-22(23)32-15-6-8-19-21(10-15)31-13-30-19/h5-12H,4,13H2,1-3H3,(H,25,27). The van der Waals surface area contributed by atoms with Crippen LogP contribution in [-0.2, 0) is 10.0 Å². The predicted octanol–water partition coefficient (Wildman–Crippen LogP) is 4.51. The number of hydrogen-bond acceptors (Lipinski definition) is 7. The molecule has 34 heavy (non-hydrogen) atoms. The van der Waals surface area contributed by atoms with Crippen LogP contribution in [0.2, 0.25) is 0 Å². The number of aryl methyl sites for hydroxylation is 1. The van der Waals surface area contributed by atoms with Gasteiger partial charge in [0.05, 0.1) is 11.3 Å². The first-order valence-corrected chi connectivity index (χ1v) is 12.0. The summed E-state index contributed by atoms with van der Waals surface area (Å²) >= 11 is 0. The minimum atomic E-state index is -3.98. The van der Waals surface area contributed by atoms with Crippen LogP contribution >= 0.6 is 0 Å². The van der Waals surface area contributed by atoms with E-state index in [0.29, 0.717) is 28.7 Å². The third-order valence-electron chi connectivity index (χ3n) is 5.60. The number of anilines is 1. The Morgan fingerprint density at radius 1 is 1.00 bits per heavy atom. The maximum Gasteiger partial charge on any atom is 0.259 e. The molecule has 176 valence electrons. The Hall–Kier alpha value is -3.76. The number of nitrogens with zero attached hydrogens (tertiary/aromatic N) is 1. The summed E-state index contributed by atoms with van der Waals surface area (Å²) in [6, 6.07) is 13.0. The Balaban J connectivity index is 1.65. The highest BCUT2D eigenvalue weighted by Gasteiger charge is 2.31. The molecular formula is C24H22N2O7S. The van der Waals surface area contributed by atoms with Gasteiger partial charge in [0.2, 0.25) is 16.8 Å². The molecule has 0 unspecified atom stereocenters. The van der Waals surface area contributed by atoms with Gasteiger partial charge in [-0.05, 0) is 42.8 Å². The van der Waals surface area contributed by atoms with Crippen molar-refractivity contribution in [3.05, 3.63) is 59.7 Å². The van der Waals surface area contributed by atoms with E-state index in [1.165, 1.54) is 23.5 Å². The van der Waals surface area contributed by atoms with Crippen LogP contribution < -0.4 is 24.3 Å². The number of fused-ring (bicyclic) bond motifs is 3. The first kappa shape index (κ1) is 22.1. The zero-order valence-corrected chi connectivity index (χ0v) is 19.6. The van der Waals surface area contributed by atoms with E-state index in [4.69, 9.17) is 18.9 Å². The molecule has 1 N–H and O–H groups in total. The second-order valence-corrected chi connectivity index (χ2v) is 9.90. The molecule has 1 amide bonds. The quantitative estimate of drug-likeness (QED) is 0.570. The number of hydrogen-bond donors (Lipinski definition) is 1. The molecule has 3 aromatic rings. The first-order chi connectivity index (χ1) is 16.3. The number of ether oxygens (including phenoxy) is 4. The second kappa shape index (κ2) is 8.23. The van der Waals surface area contributed by atoms with Gasteiger partial charge in [-0.25, -0.2) is 12.7 Å². The zero-order chi connectivity index (χ0) is 24.0. The number of sulfonamides is 1. The van der Waals surface area contributed by atoms with Crippen molar-refractivity contribution in [3.63, 3.8) is 0 Å². The third-order valence-corrected chi connectivity index (χ3v) is 7.55. The number of carbonyl (C=O) groups is 1. The van der Waals surface area contributed by atoms with E-state index in [9.17, 15) is 13.2 Å². The number of benzene rings is 3. The third kappa shape index (κ3) is 3.80. The van der Waals surface area contributed by atoms with Crippen LogP contribution in [0.5, 0.6) is 34.5 Å². The van der Waals surface area contributed by atoms with Crippen LogP contribution in [-0.4, -0.2) is 39.0 Å². The smallest absolute Gasteiger partial charge is 0.259 e. The molecule has 0 atom stereocenters. The predicted molar refractivity (Wildman–Crippen MR) is 124 cm³/mol. The molecular weight excluding hydrogens is 460 g/mol. The molecule has 2 aliphatic rings. The second-order valence-electron chi connectivity index (χ2n) is 7.89. The molecule has 0 spiro atoms. The summed E-state index contributed by atoms with van der Waals surface area (Å²) in [5, 5.41) is 2.80. The van der Waals surface area contributed by atoms with Gasteiger partial charge in [-0.1, -0.05) is 13.0 Å². The summed E-state index contributed by atoms with van der Waals surface area (Å²) in [6.07, 6.45) is 0. The maximum atomic E-state index is 13.3. The van der Waals surface area contributed by atoms with Crippen LogP contribution in [0.15, 0.2) is 53.4 Å². The van der Waals surface area contributed by atoms with E-state index in [0.717, 1.165) is 5.56 Å². The number of amides is 1. The molecule has 0 radical (unpaired) electrons. The van der Waals surface area contributed by atoms with E-state index < -0.39 is 15.9 Å². The molecule has 9 nitrogen and oxygen atoms in total. The fourth-order valence-electron chi connectivity index (χ4n) is 3.63. The van der Waals surface area contributed by atoms with Gasteiger partial charge >= 0.3 is 0 Å². The van der Waals surface area contributed by atoms with Crippen LogP contribution in [0.4, 0.5) is 5.69 Å². The highest BCUT2D eigenvalue weighted by atomic mass is 32.2. The van der Waals surface area contributed by atoms with Gasteiger partial charge in [0.25, 0.3) is 5.91 Å². The lowest BCUT2D eigenvalue weighted by Gasteiger charge is -2.19. The van der Waals surface area contributed by atoms with Crippen molar-refractivity contribution >= 4 is 21.6 Å². The van der Waals surface area contributed by atoms with Crippen molar-refractivity contribution in [1.82, 2.24) is 4.31 Å². The van der Waals surface area contributed by atoms with Crippen LogP contribution in [0, 0.1) is 6.92 Å². The Morgan fingerprint density at radius 2 is 1.76 bits per heavy atom. The van der Waals surface area contributed by atoms with Gasteiger partial charge in [0, 0.05) is 25.7 Å². The van der Waals surface area contributed by atoms with Crippen molar-refractivity contribution in [2.24, 2.45) is 0 Å². The summed E-state index contributed by atoms with van der Waals surface area (Å²) < 4.78 is 50.6. The lowest BCUT2D eigenvalue weighted by Crippen LogP contribution is -2.27. The summed E-state index contributed by atoms with van der Waals surface area (Å²) in [7, 11) is -2.52. The highest BCUT2D eigenvalue weighted by molar-refractivity contribution is 7.89. The van der Waals surface area contributed by atoms with Crippen molar-refractivity contribution < 1.29 is 32.2 Å². The van der Waals surface area contributed by atoms with Crippen molar-refractivity contribution in [3.8, 4) is 34.5 Å². The van der Waals surface area contributed by atoms with Crippen LogP contribution in [0.25, 0.3) is 0 Å². The summed E-state index contributed by atoms with van der Waals surface area (Å²) in [6.45, 7) is 3.94. The number of nitrogens with one attached hydrogen (secondary N) is 1. The topological polar surface area (TPSA) is 103 Å². The Bertz CT molecular complexity index is 1420. The van der Waals surface area contributed by atoms with E-state index in [-0.39, 0.29) is 35.3 Å². The fourth-order valence-corrected chi connectivity index (χ4v) is 4.93. The maximum absolute atomic E-state index is 13.3. The van der Waals surface area contributed by atoms with Crippen LogP contribution in [0.3, 0.4) is 0 Å². The van der Waals surface area contributed by atoms with Crippen molar-refractivity contribution in [2.75, 3.05) is 25.7 Å². The molecule has 5 rings (SSSR count). The fraction of sp³-hybridized carbons (Fsp3) is 0.208. The number of rotatable bonds is 5. The Morgan fingerprint density at radius 3 is 2.56 bits per heavy atom. The van der Waals surface area contributed by atoms with Crippen molar-refractivity contribution in [1.29, 1.82) is 0 Å².